The van der Waals surface area contributed by atoms with Gasteiger partial charge in [-0.15, -0.1) is 11.3 Å². The Morgan fingerprint density at radius 2 is 2.29 bits per heavy atom. The summed E-state index contributed by atoms with van der Waals surface area (Å²) in [5.41, 5.74) is 4.39. The van der Waals surface area contributed by atoms with Crippen molar-refractivity contribution in [3.63, 3.8) is 0 Å². The molecule has 3 rings (SSSR count). The number of nitrogens with zero attached hydrogens (tertiary/aromatic N) is 2. The second-order valence-electron chi connectivity index (χ2n) is 5.41. The molecule has 4 heteroatoms. The maximum Gasteiger partial charge on any atom is 0.101 e. The molecule has 0 aliphatic carbocycles. The molecule has 0 saturated carbocycles. The van der Waals surface area contributed by atoms with E-state index in [0.29, 0.717) is 6.04 Å². The molecule has 0 fully saturated rings. The SMILES string of the molecule is CNCc1ccc(N2CCc3sccc3C2C)c(C#N)c1. The molecule has 1 N–H and O–H groups in total. The fourth-order valence-corrected chi connectivity index (χ4v) is 4.04. The Labute approximate surface area is 129 Å². The third-order valence-electron chi connectivity index (χ3n) is 4.15. The standard InChI is InChI=1S/C17H19N3S/c1-12-15-6-8-21-17(15)5-7-20(12)16-4-3-13(11-19-2)9-14(16)10-18/h3-4,6,8-9,12,19H,5,7,11H2,1-2H3. The van der Waals surface area contributed by atoms with Crippen molar-refractivity contribution < 1.29 is 0 Å². The topological polar surface area (TPSA) is 39.1 Å². The quantitative estimate of drug-likeness (QED) is 0.943. The molecule has 0 radical (unpaired) electrons. The van der Waals surface area contributed by atoms with Crippen LogP contribution in [-0.2, 0) is 13.0 Å². The first-order chi connectivity index (χ1) is 10.2. The predicted octanol–water partition coefficient (Wildman–Crippen LogP) is 3.46. The van der Waals surface area contributed by atoms with Gasteiger partial charge in [0, 0.05) is 18.0 Å². The van der Waals surface area contributed by atoms with E-state index in [1.807, 2.05) is 24.5 Å². The van der Waals surface area contributed by atoms with Crippen LogP contribution in [0.25, 0.3) is 0 Å². The third kappa shape index (κ3) is 2.55. The molecule has 0 bridgehead atoms. The van der Waals surface area contributed by atoms with E-state index in [9.17, 15) is 5.26 Å². The number of rotatable bonds is 3. The van der Waals surface area contributed by atoms with Crippen LogP contribution in [0.2, 0.25) is 0 Å². The first-order valence-corrected chi connectivity index (χ1v) is 8.13. The Balaban J connectivity index is 1.96. The zero-order valence-corrected chi connectivity index (χ0v) is 13.2. The van der Waals surface area contributed by atoms with Gasteiger partial charge in [0.15, 0.2) is 0 Å². The lowest BCUT2D eigenvalue weighted by atomic mass is 9.99. The van der Waals surface area contributed by atoms with Gasteiger partial charge in [0.05, 0.1) is 17.3 Å². The lowest BCUT2D eigenvalue weighted by Crippen LogP contribution is -2.33. The second-order valence-corrected chi connectivity index (χ2v) is 6.41. The van der Waals surface area contributed by atoms with E-state index < -0.39 is 0 Å². The number of nitriles is 1. The lowest BCUT2D eigenvalue weighted by Gasteiger charge is -2.36. The monoisotopic (exact) mass is 297 g/mol. The molecule has 2 aromatic rings. The molecule has 0 spiro atoms. The van der Waals surface area contributed by atoms with Crippen LogP contribution in [0, 0.1) is 11.3 Å². The van der Waals surface area contributed by atoms with Crippen molar-refractivity contribution in [2.75, 3.05) is 18.5 Å². The van der Waals surface area contributed by atoms with Gasteiger partial charge in [-0.05, 0) is 55.1 Å². The summed E-state index contributed by atoms with van der Waals surface area (Å²) in [4.78, 5) is 3.85. The number of hydrogen-bond donors (Lipinski definition) is 1. The molecule has 1 aliphatic rings. The van der Waals surface area contributed by atoms with Crippen LogP contribution < -0.4 is 10.2 Å². The van der Waals surface area contributed by atoms with Crippen molar-refractivity contribution >= 4 is 17.0 Å². The molecule has 0 saturated heterocycles. The Morgan fingerprint density at radius 1 is 1.43 bits per heavy atom. The predicted molar refractivity (Wildman–Crippen MR) is 87.7 cm³/mol. The molecule has 1 aromatic carbocycles. The van der Waals surface area contributed by atoms with Crippen molar-refractivity contribution in [2.45, 2.75) is 25.9 Å². The van der Waals surface area contributed by atoms with Gasteiger partial charge in [-0.2, -0.15) is 5.26 Å². The highest BCUT2D eigenvalue weighted by Gasteiger charge is 2.26. The summed E-state index contributed by atoms with van der Waals surface area (Å²) < 4.78 is 0. The van der Waals surface area contributed by atoms with Crippen LogP contribution in [0.5, 0.6) is 0 Å². The van der Waals surface area contributed by atoms with Gasteiger partial charge >= 0.3 is 0 Å². The molecular weight excluding hydrogens is 278 g/mol. The summed E-state index contributed by atoms with van der Waals surface area (Å²) in [7, 11) is 1.92. The molecule has 1 atom stereocenters. The smallest absolute Gasteiger partial charge is 0.101 e. The molecule has 1 unspecified atom stereocenters. The first-order valence-electron chi connectivity index (χ1n) is 7.25. The zero-order chi connectivity index (χ0) is 14.8. The Kier molecular flexibility index (Phi) is 3.96. The van der Waals surface area contributed by atoms with Gasteiger partial charge in [0.2, 0.25) is 0 Å². The van der Waals surface area contributed by atoms with Gasteiger partial charge < -0.3 is 10.2 Å². The Bertz CT molecular complexity index is 684. The number of fused-ring (bicyclic) bond motifs is 1. The maximum absolute atomic E-state index is 9.49. The normalized spacial score (nSPS) is 17.4. The largest absolute Gasteiger partial charge is 0.363 e. The highest BCUT2D eigenvalue weighted by Crippen LogP contribution is 2.37. The summed E-state index contributed by atoms with van der Waals surface area (Å²) in [6.07, 6.45) is 1.07. The Morgan fingerprint density at radius 3 is 3.05 bits per heavy atom. The molecule has 0 amide bonds. The fourth-order valence-electron chi connectivity index (χ4n) is 3.08. The van der Waals surface area contributed by atoms with Gasteiger partial charge in [-0.3, -0.25) is 0 Å². The van der Waals surface area contributed by atoms with Crippen molar-refractivity contribution in [3.8, 4) is 6.07 Å². The fraction of sp³-hybridized carbons (Fsp3) is 0.353. The number of nitrogens with one attached hydrogen (secondary N) is 1. The van der Waals surface area contributed by atoms with Crippen LogP contribution in [-0.4, -0.2) is 13.6 Å². The van der Waals surface area contributed by atoms with Gasteiger partial charge in [0.25, 0.3) is 0 Å². The van der Waals surface area contributed by atoms with Crippen LogP contribution in [0.1, 0.15) is 34.5 Å². The summed E-state index contributed by atoms with van der Waals surface area (Å²) in [5.74, 6) is 0. The minimum atomic E-state index is 0.335. The molecule has 2 heterocycles. The van der Waals surface area contributed by atoms with Gasteiger partial charge in [-0.25, -0.2) is 0 Å². The maximum atomic E-state index is 9.49. The molecule has 3 nitrogen and oxygen atoms in total. The third-order valence-corrected chi connectivity index (χ3v) is 5.15. The summed E-state index contributed by atoms with van der Waals surface area (Å²) in [5, 5.41) is 14.8. The highest BCUT2D eigenvalue weighted by molar-refractivity contribution is 7.10. The van der Waals surface area contributed by atoms with Gasteiger partial charge in [-0.1, -0.05) is 6.07 Å². The average Bonchev–Trinajstić information content (AvgIpc) is 2.98. The minimum absolute atomic E-state index is 0.335. The molecule has 21 heavy (non-hydrogen) atoms. The van der Waals surface area contributed by atoms with E-state index in [1.165, 1.54) is 10.4 Å². The van der Waals surface area contributed by atoms with Crippen molar-refractivity contribution in [1.82, 2.24) is 5.32 Å². The Hall–Kier alpha value is -1.83. The van der Waals surface area contributed by atoms with E-state index in [2.05, 4.69) is 46.8 Å². The summed E-state index contributed by atoms with van der Waals surface area (Å²) in [6.45, 7) is 4.00. The van der Waals surface area contributed by atoms with E-state index >= 15 is 0 Å². The number of hydrogen-bond acceptors (Lipinski definition) is 4. The van der Waals surface area contributed by atoms with Crippen molar-refractivity contribution in [3.05, 3.63) is 51.2 Å². The zero-order valence-electron chi connectivity index (χ0n) is 12.4. The lowest BCUT2D eigenvalue weighted by molar-refractivity contribution is 0.632. The van der Waals surface area contributed by atoms with E-state index in [1.54, 1.807) is 0 Å². The summed E-state index contributed by atoms with van der Waals surface area (Å²) >= 11 is 1.85. The van der Waals surface area contributed by atoms with E-state index in [4.69, 9.17) is 0 Å². The van der Waals surface area contributed by atoms with Crippen LogP contribution in [0.15, 0.2) is 29.6 Å². The number of anilines is 1. The first kappa shape index (κ1) is 14.1. The van der Waals surface area contributed by atoms with Crippen LogP contribution in [0.4, 0.5) is 5.69 Å². The average molecular weight is 297 g/mol. The number of benzene rings is 1. The van der Waals surface area contributed by atoms with Crippen molar-refractivity contribution in [2.24, 2.45) is 0 Å². The van der Waals surface area contributed by atoms with Crippen LogP contribution in [0.3, 0.4) is 0 Å². The van der Waals surface area contributed by atoms with E-state index in [0.717, 1.165) is 36.3 Å². The van der Waals surface area contributed by atoms with Crippen molar-refractivity contribution in [1.29, 1.82) is 5.26 Å². The molecule has 108 valence electrons. The molecular formula is C17H19N3S. The van der Waals surface area contributed by atoms with Gasteiger partial charge in [0.1, 0.15) is 6.07 Å². The van der Waals surface area contributed by atoms with E-state index in [-0.39, 0.29) is 0 Å². The highest BCUT2D eigenvalue weighted by atomic mass is 32.1. The summed E-state index contributed by atoms with van der Waals surface area (Å²) in [6, 6.07) is 11.1. The minimum Gasteiger partial charge on any atom is -0.363 e. The molecule has 1 aliphatic heterocycles. The van der Waals surface area contributed by atoms with Crippen LogP contribution >= 0.6 is 11.3 Å². The molecule has 1 aromatic heterocycles. The number of thiophene rings is 1. The second kappa shape index (κ2) is 5.88.